The topological polar surface area (TPSA) is 20.3 Å². The number of hydrogen-bond donors (Lipinski definition) is 0. The lowest BCUT2D eigenvalue weighted by Gasteiger charge is -2.22. The fraction of sp³-hybridized carbons (Fsp3) is 0.917. The summed E-state index contributed by atoms with van der Waals surface area (Å²) >= 11 is 3.57. The third kappa shape index (κ3) is 2.55. The molecule has 1 unspecified atom stereocenters. The lowest BCUT2D eigenvalue weighted by atomic mass is 10.0. The molecule has 1 saturated carbocycles. The lowest BCUT2D eigenvalue weighted by molar-refractivity contribution is -0.128. The van der Waals surface area contributed by atoms with Crippen LogP contribution in [0.3, 0.4) is 0 Å². The summed E-state index contributed by atoms with van der Waals surface area (Å²) in [6.45, 7) is 4.22. The molecule has 15 heavy (non-hydrogen) atoms. The van der Waals surface area contributed by atoms with Crippen LogP contribution in [0.4, 0.5) is 0 Å². The summed E-state index contributed by atoms with van der Waals surface area (Å²) in [5, 5.41) is 1.06. The standard InChI is InChI=1S/C12H20BrNO/c1-2-3-10-6-11(15)14(7-10)9-12(8-13)4-5-12/h10H,2-9H2,1H3. The maximum Gasteiger partial charge on any atom is 0.222 e. The Hall–Kier alpha value is -0.0500. The summed E-state index contributed by atoms with van der Waals surface area (Å²) in [5.74, 6) is 1.02. The highest BCUT2D eigenvalue weighted by atomic mass is 79.9. The quantitative estimate of drug-likeness (QED) is 0.706. The number of rotatable bonds is 5. The predicted molar refractivity (Wildman–Crippen MR) is 65.1 cm³/mol. The van der Waals surface area contributed by atoms with Crippen molar-refractivity contribution in [2.75, 3.05) is 18.4 Å². The van der Waals surface area contributed by atoms with Crippen LogP contribution < -0.4 is 0 Å². The van der Waals surface area contributed by atoms with Crippen molar-refractivity contribution in [1.29, 1.82) is 0 Å². The number of carbonyl (C=O) groups excluding carboxylic acids is 1. The Kier molecular flexibility index (Phi) is 3.39. The zero-order valence-electron chi connectivity index (χ0n) is 9.47. The maximum atomic E-state index is 11.8. The Morgan fingerprint density at radius 1 is 1.53 bits per heavy atom. The van der Waals surface area contributed by atoms with Gasteiger partial charge in [0.05, 0.1) is 0 Å². The van der Waals surface area contributed by atoms with E-state index in [2.05, 4.69) is 27.8 Å². The summed E-state index contributed by atoms with van der Waals surface area (Å²) < 4.78 is 0. The average molecular weight is 274 g/mol. The van der Waals surface area contributed by atoms with Gasteiger partial charge in [0.25, 0.3) is 0 Å². The van der Waals surface area contributed by atoms with Gasteiger partial charge in [-0.05, 0) is 30.6 Å². The van der Waals surface area contributed by atoms with Gasteiger partial charge in [-0.1, -0.05) is 29.3 Å². The molecule has 0 aromatic rings. The second-order valence-electron chi connectivity index (χ2n) is 5.27. The highest BCUT2D eigenvalue weighted by Crippen LogP contribution is 2.48. The fourth-order valence-electron chi connectivity index (χ4n) is 2.52. The van der Waals surface area contributed by atoms with E-state index in [1.54, 1.807) is 0 Å². The highest BCUT2D eigenvalue weighted by Gasteiger charge is 2.45. The fourth-order valence-corrected chi connectivity index (χ4v) is 3.26. The molecule has 1 heterocycles. The minimum Gasteiger partial charge on any atom is -0.342 e. The lowest BCUT2D eigenvalue weighted by Crippen LogP contribution is -2.32. The molecule has 1 aliphatic carbocycles. The Labute approximate surface area is 101 Å². The molecule has 1 saturated heterocycles. The van der Waals surface area contributed by atoms with Gasteiger partial charge in [0.15, 0.2) is 0 Å². The third-order valence-electron chi connectivity index (χ3n) is 3.76. The van der Waals surface area contributed by atoms with Crippen molar-refractivity contribution in [3.8, 4) is 0 Å². The van der Waals surface area contributed by atoms with Gasteiger partial charge < -0.3 is 4.90 Å². The second kappa shape index (κ2) is 4.44. The van der Waals surface area contributed by atoms with Crippen LogP contribution in [0.2, 0.25) is 0 Å². The SMILES string of the molecule is CCCC1CC(=O)N(CC2(CBr)CC2)C1. The molecule has 3 heteroatoms. The van der Waals surface area contributed by atoms with Crippen molar-refractivity contribution in [2.24, 2.45) is 11.3 Å². The van der Waals surface area contributed by atoms with E-state index in [9.17, 15) is 4.79 Å². The Morgan fingerprint density at radius 3 is 2.80 bits per heavy atom. The molecule has 0 aromatic carbocycles. The maximum absolute atomic E-state index is 11.8. The molecule has 2 nitrogen and oxygen atoms in total. The van der Waals surface area contributed by atoms with Crippen LogP contribution in [0.1, 0.15) is 39.0 Å². The first-order chi connectivity index (χ1) is 7.19. The molecule has 2 aliphatic rings. The first-order valence-corrected chi connectivity index (χ1v) is 7.15. The van der Waals surface area contributed by atoms with E-state index in [1.165, 1.54) is 25.7 Å². The van der Waals surface area contributed by atoms with Crippen molar-refractivity contribution < 1.29 is 4.79 Å². The van der Waals surface area contributed by atoms with Gasteiger partial charge in [-0.2, -0.15) is 0 Å². The molecule has 1 amide bonds. The minimum absolute atomic E-state index is 0.390. The molecule has 0 bridgehead atoms. The van der Waals surface area contributed by atoms with Crippen molar-refractivity contribution in [1.82, 2.24) is 4.90 Å². The Bertz CT molecular complexity index is 250. The number of halogens is 1. The number of amides is 1. The van der Waals surface area contributed by atoms with E-state index in [1.807, 2.05) is 0 Å². The van der Waals surface area contributed by atoms with Crippen molar-refractivity contribution in [3.63, 3.8) is 0 Å². The van der Waals surface area contributed by atoms with Crippen LogP contribution in [0.15, 0.2) is 0 Å². The van der Waals surface area contributed by atoms with Gasteiger partial charge in [-0.15, -0.1) is 0 Å². The van der Waals surface area contributed by atoms with E-state index in [4.69, 9.17) is 0 Å². The summed E-state index contributed by atoms with van der Waals surface area (Å²) in [6.07, 6.45) is 5.80. The molecule has 1 aliphatic heterocycles. The molecule has 2 rings (SSSR count). The van der Waals surface area contributed by atoms with Crippen LogP contribution in [0, 0.1) is 11.3 Å². The minimum atomic E-state index is 0.390. The second-order valence-corrected chi connectivity index (χ2v) is 5.83. The highest BCUT2D eigenvalue weighted by molar-refractivity contribution is 9.09. The summed E-state index contributed by atoms with van der Waals surface area (Å²) in [7, 11) is 0. The van der Waals surface area contributed by atoms with Crippen LogP contribution in [0.5, 0.6) is 0 Å². The zero-order chi connectivity index (χ0) is 10.9. The first-order valence-electron chi connectivity index (χ1n) is 6.03. The zero-order valence-corrected chi connectivity index (χ0v) is 11.1. The molecule has 0 spiro atoms. The average Bonchev–Trinajstić information content (AvgIpc) is 2.90. The molecule has 86 valence electrons. The van der Waals surface area contributed by atoms with Crippen molar-refractivity contribution in [2.45, 2.75) is 39.0 Å². The third-order valence-corrected chi connectivity index (χ3v) is 4.95. The summed E-state index contributed by atoms with van der Waals surface area (Å²) in [6, 6.07) is 0. The number of likely N-dealkylation sites (tertiary alicyclic amines) is 1. The molecule has 0 radical (unpaired) electrons. The molecular formula is C12H20BrNO. The van der Waals surface area contributed by atoms with Crippen LogP contribution in [-0.2, 0) is 4.79 Å². The molecule has 0 aromatic heterocycles. The smallest absolute Gasteiger partial charge is 0.222 e. The molecule has 1 atom stereocenters. The van der Waals surface area contributed by atoms with Crippen LogP contribution in [-0.4, -0.2) is 29.2 Å². The van der Waals surface area contributed by atoms with Gasteiger partial charge in [0.1, 0.15) is 0 Å². The van der Waals surface area contributed by atoms with Crippen LogP contribution in [0.25, 0.3) is 0 Å². The van der Waals surface area contributed by atoms with Crippen molar-refractivity contribution in [3.05, 3.63) is 0 Å². The number of carbonyl (C=O) groups is 1. The largest absolute Gasteiger partial charge is 0.342 e. The summed E-state index contributed by atoms with van der Waals surface area (Å²) in [5.41, 5.74) is 0.441. The Balaban J connectivity index is 1.85. The number of hydrogen-bond acceptors (Lipinski definition) is 1. The van der Waals surface area contributed by atoms with Gasteiger partial charge in [-0.25, -0.2) is 0 Å². The van der Waals surface area contributed by atoms with E-state index in [0.717, 1.165) is 24.8 Å². The number of alkyl halides is 1. The van der Waals surface area contributed by atoms with Gasteiger partial charge >= 0.3 is 0 Å². The molecule has 0 N–H and O–H groups in total. The van der Waals surface area contributed by atoms with Gasteiger partial charge in [0.2, 0.25) is 5.91 Å². The molecule has 2 fully saturated rings. The monoisotopic (exact) mass is 273 g/mol. The van der Waals surface area contributed by atoms with Crippen LogP contribution >= 0.6 is 15.9 Å². The summed E-state index contributed by atoms with van der Waals surface area (Å²) in [4.78, 5) is 13.9. The van der Waals surface area contributed by atoms with E-state index >= 15 is 0 Å². The van der Waals surface area contributed by atoms with Crippen molar-refractivity contribution >= 4 is 21.8 Å². The predicted octanol–water partition coefficient (Wildman–Crippen LogP) is 2.81. The Morgan fingerprint density at radius 2 is 2.27 bits per heavy atom. The first kappa shape index (κ1) is 11.4. The number of nitrogens with zero attached hydrogens (tertiary/aromatic N) is 1. The normalized spacial score (nSPS) is 28.5. The van der Waals surface area contributed by atoms with E-state index in [0.29, 0.717) is 17.2 Å². The molecular weight excluding hydrogens is 254 g/mol. The van der Waals surface area contributed by atoms with E-state index < -0.39 is 0 Å². The van der Waals surface area contributed by atoms with Gasteiger partial charge in [0, 0.05) is 24.8 Å². The van der Waals surface area contributed by atoms with E-state index in [-0.39, 0.29) is 0 Å². The van der Waals surface area contributed by atoms with Gasteiger partial charge in [-0.3, -0.25) is 4.79 Å².